The molecule has 1 N–H and O–H groups in total. The van der Waals surface area contributed by atoms with E-state index in [1.807, 2.05) is 37.4 Å². The van der Waals surface area contributed by atoms with Crippen molar-refractivity contribution in [3.05, 3.63) is 41.0 Å². The summed E-state index contributed by atoms with van der Waals surface area (Å²) in [6.45, 7) is 4.04. The smallest absolute Gasteiger partial charge is 0.249 e. The first-order valence-electron chi connectivity index (χ1n) is 10.3. The third kappa shape index (κ3) is 4.87. The lowest BCUT2D eigenvalue weighted by Crippen LogP contribution is -2.33. The number of nitrogens with zero attached hydrogens (tertiary/aromatic N) is 3. The Labute approximate surface area is 185 Å². The summed E-state index contributed by atoms with van der Waals surface area (Å²) in [7, 11) is 3.20. The van der Waals surface area contributed by atoms with Crippen molar-refractivity contribution in [3.63, 3.8) is 0 Å². The van der Waals surface area contributed by atoms with Crippen LogP contribution in [0.5, 0.6) is 11.5 Å². The molecule has 2 heterocycles. The van der Waals surface area contributed by atoms with Gasteiger partial charge in [0.2, 0.25) is 11.8 Å². The van der Waals surface area contributed by atoms with Gasteiger partial charge >= 0.3 is 0 Å². The molecular formula is C22H26N4O4S. The second kappa shape index (κ2) is 9.05. The van der Waals surface area contributed by atoms with Crippen molar-refractivity contribution in [1.29, 1.82) is 0 Å². The average Bonchev–Trinajstić information content (AvgIpc) is 3.31. The Kier molecular flexibility index (Phi) is 6.22. The molecule has 0 spiro atoms. The highest BCUT2D eigenvalue weighted by atomic mass is 32.1. The van der Waals surface area contributed by atoms with Crippen LogP contribution in [0.1, 0.15) is 56.1 Å². The molecule has 0 radical (unpaired) electrons. The van der Waals surface area contributed by atoms with E-state index in [9.17, 15) is 4.79 Å². The standard InChI is InChI=1S/C22H26N4O4S/c1-12(2)19(21-25-20(26-30-21)13-5-6-13)24-18(27)10-15-11-31-22(23-15)14-7-8-16(28-3)17(9-14)29-4/h7-9,11-13,19H,5-6,10H2,1-4H3,(H,24,27). The SMILES string of the molecule is COc1ccc(-c2nc(CC(=O)NC(c3nc(C4CC4)no3)C(C)C)cs2)cc1OC. The molecule has 164 valence electrons. The molecule has 2 aromatic heterocycles. The summed E-state index contributed by atoms with van der Waals surface area (Å²) >= 11 is 1.48. The van der Waals surface area contributed by atoms with E-state index in [-0.39, 0.29) is 24.3 Å². The summed E-state index contributed by atoms with van der Waals surface area (Å²) in [6.07, 6.45) is 2.38. The molecule has 0 saturated heterocycles. The van der Waals surface area contributed by atoms with E-state index in [2.05, 4.69) is 20.4 Å². The third-order valence-corrected chi connectivity index (χ3v) is 6.11. The van der Waals surface area contributed by atoms with Gasteiger partial charge in [-0.25, -0.2) is 4.98 Å². The molecule has 1 fully saturated rings. The number of aromatic nitrogens is 3. The Morgan fingerprint density at radius 3 is 2.68 bits per heavy atom. The summed E-state index contributed by atoms with van der Waals surface area (Å²) < 4.78 is 16.1. The topological polar surface area (TPSA) is 99.4 Å². The normalized spacial score (nSPS) is 14.5. The van der Waals surface area contributed by atoms with Gasteiger partial charge in [0.25, 0.3) is 0 Å². The van der Waals surface area contributed by atoms with Crippen molar-refractivity contribution in [1.82, 2.24) is 20.4 Å². The molecule has 9 heteroatoms. The third-order valence-electron chi connectivity index (χ3n) is 5.17. The summed E-state index contributed by atoms with van der Waals surface area (Å²) in [5.41, 5.74) is 1.62. The lowest BCUT2D eigenvalue weighted by molar-refractivity contribution is -0.121. The summed E-state index contributed by atoms with van der Waals surface area (Å²) in [5.74, 6) is 2.91. The van der Waals surface area contributed by atoms with E-state index in [0.717, 1.165) is 29.2 Å². The van der Waals surface area contributed by atoms with Gasteiger partial charge in [-0.3, -0.25) is 4.79 Å². The largest absolute Gasteiger partial charge is 0.493 e. The van der Waals surface area contributed by atoms with Gasteiger partial charge in [-0.15, -0.1) is 11.3 Å². The Morgan fingerprint density at radius 1 is 1.23 bits per heavy atom. The van der Waals surface area contributed by atoms with E-state index in [0.29, 0.717) is 29.0 Å². The number of hydrogen-bond donors (Lipinski definition) is 1. The second-order valence-corrected chi connectivity index (χ2v) is 8.80. The van der Waals surface area contributed by atoms with Gasteiger partial charge in [-0.05, 0) is 37.0 Å². The van der Waals surface area contributed by atoms with Crippen molar-refractivity contribution in [2.75, 3.05) is 14.2 Å². The van der Waals surface area contributed by atoms with Crippen LogP contribution in [0.2, 0.25) is 0 Å². The Morgan fingerprint density at radius 2 is 2.00 bits per heavy atom. The van der Waals surface area contributed by atoms with E-state index in [4.69, 9.17) is 14.0 Å². The van der Waals surface area contributed by atoms with Crippen molar-refractivity contribution < 1.29 is 18.8 Å². The second-order valence-electron chi connectivity index (χ2n) is 7.94. The van der Waals surface area contributed by atoms with Gasteiger partial charge < -0.3 is 19.3 Å². The van der Waals surface area contributed by atoms with Crippen molar-refractivity contribution in [2.45, 2.75) is 45.1 Å². The lowest BCUT2D eigenvalue weighted by atomic mass is 10.0. The maximum Gasteiger partial charge on any atom is 0.249 e. The zero-order valence-corrected chi connectivity index (χ0v) is 18.9. The minimum atomic E-state index is -0.323. The summed E-state index contributed by atoms with van der Waals surface area (Å²) in [5, 5.41) is 9.81. The van der Waals surface area contributed by atoms with Gasteiger partial charge in [0, 0.05) is 16.9 Å². The number of amides is 1. The number of thiazole rings is 1. The molecule has 1 aliphatic rings. The van der Waals surface area contributed by atoms with Gasteiger partial charge in [0.1, 0.15) is 11.0 Å². The first-order valence-corrected chi connectivity index (χ1v) is 11.2. The van der Waals surface area contributed by atoms with Gasteiger partial charge in [0.15, 0.2) is 17.3 Å². The molecule has 0 bridgehead atoms. The maximum absolute atomic E-state index is 12.7. The molecule has 31 heavy (non-hydrogen) atoms. The fraction of sp³-hybridized carbons (Fsp3) is 0.455. The molecule has 4 rings (SSSR count). The number of ether oxygens (including phenoxy) is 2. The maximum atomic E-state index is 12.7. The predicted molar refractivity (Wildman–Crippen MR) is 116 cm³/mol. The molecule has 1 aromatic carbocycles. The number of nitrogens with one attached hydrogen (secondary N) is 1. The first kappa shape index (κ1) is 21.3. The van der Waals surface area contributed by atoms with E-state index < -0.39 is 0 Å². The zero-order valence-electron chi connectivity index (χ0n) is 18.0. The van der Waals surface area contributed by atoms with Crippen molar-refractivity contribution in [2.24, 2.45) is 5.92 Å². The molecule has 1 saturated carbocycles. The van der Waals surface area contributed by atoms with Crippen LogP contribution < -0.4 is 14.8 Å². The van der Waals surface area contributed by atoms with Crippen LogP contribution in [-0.2, 0) is 11.2 Å². The highest BCUT2D eigenvalue weighted by molar-refractivity contribution is 7.13. The fourth-order valence-corrected chi connectivity index (χ4v) is 4.09. The Bertz CT molecular complexity index is 1060. The van der Waals surface area contributed by atoms with Gasteiger partial charge in [0.05, 0.1) is 26.3 Å². The van der Waals surface area contributed by atoms with Crippen LogP contribution in [0.3, 0.4) is 0 Å². The molecule has 1 amide bonds. The highest BCUT2D eigenvalue weighted by Gasteiger charge is 2.31. The monoisotopic (exact) mass is 442 g/mol. The van der Waals surface area contributed by atoms with Gasteiger partial charge in [-0.1, -0.05) is 19.0 Å². The Hall–Kier alpha value is -2.94. The van der Waals surface area contributed by atoms with Crippen LogP contribution in [0.15, 0.2) is 28.1 Å². The van der Waals surface area contributed by atoms with E-state index in [1.165, 1.54) is 11.3 Å². The van der Waals surface area contributed by atoms with Crippen molar-refractivity contribution >= 4 is 17.2 Å². The minimum Gasteiger partial charge on any atom is -0.493 e. The van der Waals surface area contributed by atoms with Crippen LogP contribution >= 0.6 is 11.3 Å². The number of benzene rings is 1. The molecule has 1 atom stereocenters. The van der Waals surface area contributed by atoms with Gasteiger partial charge in [-0.2, -0.15) is 4.98 Å². The number of rotatable bonds is 9. The first-order chi connectivity index (χ1) is 15.0. The van der Waals surface area contributed by atoms with Crippen LogP contribution in [0.4, 0.5) is 0 Å². The Balaban J connectivity index is 1.43. The molecular weight excluding hydrogens is 416 g/mol. The molecule has 1 unspecified atom stereocenters. The number of carbonyl (C=O) groups is 1. The quantitative estimate of drug-likeness (QED) is 0.531. The minimum absolute atomic E-state index is 0.120. The summed E-state index contributed by atoms with van der Waals surface area (Å²) in [6, 6.07) is 5.32. The predicted octanol–water partition coefficient (Wildman–Crippen LogP) is 4.14. The van der Waals surface area contributed by atoms with Crippen LogP contribution in [0, 0.1) is 5.92 Å². The average molecular weight is 443 g/mol. The lowest BCUT2D eigenvalue weighted by Gasteiger charge is -2.18. The number of carbonyl (C=O) groups excluding carboxylic acids is 1. The van der Waals surface area contributed by atoms with E-state index in [1.54, 1.807) is 14.2 Å². The zero-order chi connectivity index (χ0) is 22.0. The van der Waals surface area contributed by atoms with Crippen LogP contribution in [0.25, 0.3) is 10.6 Å². The van der Waals surface area contributed by atoms with Crippen LogP contribution in [-0.4, -0.2) is 35.3 Å². The molecule has 0 aliphatic heterocycles. The van der Waals surface area contributed by atoms with E-state index >= 15 is 0 Å². The number of hydrogen-bond acceptors (Lipinski definition) is 8. The number of methoxy groups -OCH3 is 2. The molecule has 8 nitrogen and oxygen atoms in total. The summed E-state index contributed by atoms with van der Waals surface area (Å²) in [4.78, 5) is 21.8. The molecule has 3 aromatic rings. The molecule has 1 aliphatic carbocycles. The fourth-order valence-electron chi connectivity index (χ4n) is 3.27. The highest BCUT2D eigenvalue weighted by Crippen LogP contribution is 2.39. The van der Waals surface area contributed by atoms with Crippen molar-refractivity contribution in [3.8, 4) is 22.1 Å².